The summed E-state index contributed by atoms with van der Waals surface area (Å²) in [5.41, 5.74) is 1.80. The van der Waals surface area contributed by atoms with E-state index in [9.17, 15) is 0 Å². The fourth-order valence-electron chi connectivity index (χ4n) is 2.09. The predicted octanol–water partition coefficient (Wildman–Crippen LogP) is 4.96. The third kappa shape index (κ3) is 3.04. The molecule has 0 radical (unpaired) electrons. The number of ether oxygens (including phenoxy) is 1. The highest BCUT2D eigenvalue weighted by Gasteiger charge is 2.19. The summed E-state index contributed by atoms with van der Waals surface area (Å²) >= 11 is 18.7. The lowest BCUT2D eigenvalue weighted by atomic mass is 9.98. The van der Waals surface area contributed by atoms with Gasteiger partial charge in [0.2, 0.25) is 0 Å². The van der Waals surface area contributed by atoms with E-state index in [4.69, 9.17) is 39.5 Å². The summed E-state index contributed by atoms with van der Waals surface area (Å²) in [6.07, 6.45) is 0. The quantitative estimate of drug-likeness (QED) is 0.855. The van der Waals surface area contributed by atoms with Gasteiger partial charge in [0.05, 0.1) is 23.2 Å². The third-order valence-corrected chi connectivity index (χ3v) is 4.26. The van der Waals surface area contributed by atoms with Crippen LogP contribution in [0.3, 0.4) is 0 Å². The minimum atomic E-state index is -0.139. The van der Waals surface area contributed by atoms with Gasteiger partial charge in [0.25, 0.3) is 0 Å². The molecule has 0 bridgehead atoms. The number of hydrogen-bond acceptors (Lipinski definition) is 2. The van der Waals surface area contributed by atoms with Crippen molar-refractivity contribution in [2.45, 2.75) is 6.04 Å². The first-order valence-electron chi connectivity index (χ1n) is 6.03. The fourth-order valence-corrected chi connectivity index (χ4v) is 2.79. The number of rotatable bonds is 4. The summed E-state index contributed by atoms with van der Waals surface area (Å²) in [5.74, 6) is 0.714. The molecule has 0 fully saturated rings. The second-order valence-corrected chi connectivity index (χ2v) is 5.44. The Bertz CT molecular complexity index is 616. The van der Waals surface area contributed by atoms with Crippen molar-refractivity contribution >= 4 is 34.8 Å². The molecule has 0 spiro atoms. The lowest BCUT2D eigenvalue weighted by Gasteiger charge is -2.20. The molecule has 0 aromatic heterocycles. The standard InChI is InChI=1S/C15H14Cl3NO/c1-19-15(11-4-3-5-12(16)14(11)18)10-7-6-9(20-2)8-13(10)17/h3-8,15,19H,1-2H3. The lowest BCUT2D eigenvalue weighted by molar-refractivity contribution is 0.414. The molecule has 1 N–H and O–H groups in total. The molecule has 1 atom stereocenters. The number of methoxy groups -OCH3 is 1. The zero-order chi connectivity index (χ0) is 14.7. The van der Waals surface area contributed by atoms with Crippen LogP contribution in [-0.4, -0.2) is 14.2 Å². The molecule has 2 aromatic carbocycles. The van der Waals surface area contributed by atoms with Crippen molar-refractivity contribution in [3.63, 3.8) is 0 Å². The van der Waals surface area contributed by atoms with Gasteiger partial charge >= 0.3 is 0 Å². The topological polar surface area (TPSA) is 21.3 Å². The van der Waals surface area contributed by atoms with Gasteiger partial charge in [0, 0.05) is 5.02 Å². The molecule has 0 saturated carbocycles. The van der Waals surface area contributed by atoms with Gasteiger partial charge in [-0.3, -0.25) is 0 Å². The van der Waals surface area contributed by atoms with E-state index in [1.807, 2.05) is 31.3 Å². The van der Waals surface area contributed by atoms with Crippen LogP contribution in [0, 0.1) is 0 Å². The zero-order valence-electron chi connectivity index (χ0n) is 11.1. The Hall–Kier alpha value is -0.930. The van der Waals surface area contributed by atoms with E-state index >= 15 is 0 Å². The number of halogens is 3. The Morgan fingerprint density at radius 3 is 2.35 bits per heavy atom. The highest BCUT2D eigenvalue weighted by atomic mass is 35.5. The van der Waals surface area contributed by atoms with E-state index in [1.54, 1.807) is 19.2 Å². The minimum absolute atomic E-state index is 0.139. The molecule has 20 heavy (non-hydrogen) atoms. The van der Waals surface area contributed by atoms with Gasteiger partial charge in [0.15, 0.2) is 0 Å². The molecule has 106 valence electrons. The Morgan fingerprint density at radius 1 is 1.00 bits per heavy atom. The molecule has 2 rings (SSSR count). The van der Waals surface area contributed by atoms with Crippen molar-refractivity contribution in [2.24, 2.45) is 0 Å². The summed E-state index contributed by atoms with van der Waals surface area (Å²) in [6, 6.07) is 11.0. The van der Waals surface area contributed by atoms with Gasteiger partial charge in [-0.15, -0.1) is 0 Å². The van der Waals surface area contributed by atoms with Crippen LogP contribution in [0.25, 0.3) is 0 Å². The number of benzene rings is 2. The molecular weight excluding hydrogens is 317 g/mol. The van der Waals surface area contributed by atoms with E-state index < -0.39 is 0 Å². The van der Waals surface area contributed by atoms with E-state index in [0.29, 0.717) is 20.8 Å². The number of nitrogens with one attached hydrogen (secondary N) is 1. The molecule has 5 heteroatoms. The molecule has 1 unspecified atom stereocenters. The van der Waals surface area contributed by atoms with Gasteiger partial charge < -0.3 is 10.1 Å². The summed E-state index contributed by atoms with van der Waals surface area (Å²) < 4.78 is 5.16. The van der Waals surface area contributed by atoms with Crippen molar-refractivity contribution in [1.29, 1.82) is 0 Å². The van der Waals surface area contributed by atoms with E-state index in [1.165, 1.54) is 0 Å². The highest BCUT2D eigenvalue weighted by molar-refractivity contribution is 6.42. The molecule has 2 nitrogen and oxygen atoms in total. The summed E-state index contributed by atoms with van der Waals surface area (Å²) in [4.78, 5) is 0. The van der Waals surface area contributed by atoms with Crippen molar-refractivity contribution < 1.29 is 4.74 Å². The first-order valence-corrected chi connectivity index (χ1v) is 7.16. The predicted molar refractivity (Wildman–Crippen MR) is 85.4 cm³/mol. The smallest absolute Gasteiger partial charge is 0.120 e. The molecular formula is C15H14Cl3NO. The maximum atomic E-state index is 6.33. The van der Waals surface area contributed by atoms with Crippen LogP contribution in [-0.2, 0) is 0 Å². The van der Waals surface area contributed by atoms with Crippen molar-refractivity contribution in [2.75, 3.05) is 14.2 Å². The zero-order valence-corrected chi connectivity index (χ0v) is 13.4. The monoisotopic (exact) mass is 329 g/mol. The van der Waals surface area contributed by atoms with Crippen molar-refractivity contribution in [3.05, 3.63) is 62.6 Å². The van der Waals surface area contributed by atoms with Gasteiger partial charge in [-0.1, -0.05) is 53.0 Å². The largest absolute Gasteiger partial charge is 0.497 e. The van der Waals surface area contributed by atoms with Gasteiger partial charge in [-0.05, 0) is 36.4 Å². The molecule has 0 aliphatic carbocycles. The van der Waals surface area contributed by atoms with Crippen LogP contribution in [0.1, 0.15) is 17.2 Å². The van der Waals surface area contributed by atoms with Crippen molar-refractivity contribution in [3.8, 4) is 5.75 Å². The maximum Gasteiger partial charge on any atom is 0.120 e. The molecule has 0 heterocycles. The minimum Gasteiger partial charge on any atom is -0.497 e. The van der Waals surface area contributed by atoms with Crippen LogP contribution in [0.2, 0.25) is 15.1 Å². The molecule has 0 aliphatic rings. The van der Waals surface area contributed by atoms with E-state index in [0.717, 1.165) is 11.1 Å². The van der Waals surface area contributed by atoms with Gasteiger partial charge in [-0.25, -0.2) is 0 Å². The van der Waals surface area contributed by atoms with Crippen LogP contribution in [0.5, 0.6) is 5.75 Å². The van der Waals surface area contributed by atoms with Gasteiger partial charge in [0.1, 0.15) is 5.75 Å². The molecule has 0 amide bonds. The van der Waals surface area contributed by atoms with E-state index in [2.05, 4.69) is 5.32 Å². The normalized spacial score (nSPS) is 12.2. The second kappa shape index (κ2) is 6.68. The Balaban J connectivity index is 2.50. The first kappa shape index (κ1) is 15.5. The Morgan fingerprint density at radius 2 is 1.75 bits per heavy atom. The van der Waals surface area contributed by atoms with Crippen LogP contribution in [0.15, 0.2) is 36.4 Å². The second-order valence-electron chi connectivity index (χ2n) is 4.25. The molecule has 2 aromatic rings. The van der Waals surface area contributed by atoms with E-state index in [-0.39, 0.29) is 6.04 Å². The molecule has 0 saturated heterocycles. The fraction of sp³-hybridized carbons (Fsp3) is 0.200. The third-order valence-electron chi connectivity index (χ3n) is 3.10. The number of hydrogen-bond donors (Lipinski definition) is 1. The summed E-state index contributed by atoms with van der Waals surface area (Å²) in [7, 11) is 3.46. The van der Waals surface area contributed by atoms with Crippen LogP contribution in [0.4, 0.5) is 0 Å². The highest BCUT2D eigenvalue weighted by Crippen LogP contribution is 2.36. The Labute approximate surface area is 133 Å². The van der Waals surface area contributed by atoms with Crippen LogP contribution < -0.4 is 10.1 Å². The Kier molecular flexibility index (Phi) is 5.17. The SMILES string of the molecule is CNC(c1ccc(OC)cc1Cl)c1cccc(Cl)c1Cl. The average Bonchev–Trinajstić information content (AvgIpc) is 2.45. The first-order chi connectivity index (χ1) is 9.58. The van der Waals surface area contributed by atoms with Gasteiger partial charge in [-0.2, -0.15) is 0 Å². The maximum absolute atomic E-state index is 6.33. The summed E-state index contributed by atoms with van der Waals surface area (Å²) in [6.45, 7) is 0. The van der Waals surface area contributed by atoms with Crippen LogP contribution >= 0.6 is 34.8 Å². The lowest BCUT2D eigenvalue weighted by Crippen LogP contribution is -2.18. The average molecular weight is 331 g/mol. The van der Waals surface area contributed by atoms with Crippen molar-refractivity contribution in [1.82, 2.24) is 5.32 Å². The molecule has 0 aliphatic heterocycles. The summed E-state index contributed by atoms with van der Waals surface area (Å²) in [5, 5.41) is 4.87.